The first-order chi connectivity index (χ1) is 49.0. The summed E-state index contributed by atoms with van der Waals surface area (Å²) in [6.45, 7) is 4.27. The SMILES string of the molecule is CC/C=C\C/C=C\C/C=C\C/C=C\C/C=C\CCCCCCCCCCCCCCCCCCCCCCCCCCCC(=O)OC(COC(=O)CCCCCCCCCCCCCCCCCCCCCCCC/C=C\C/C=C\C/C=C\C/C=C\CC)COP(=O)(O)OCC[N+](C)(C)C. The van der Waals surface area contributed by atoms with Gasteiger partial charge in [0.25, 0.3) is 0 Å². The van der Waals surface area contributed by atoms with Crippen LogP contribution in [-0.4, -0.2) is 74.9 Å². The second-order valence-electron chi connectivity index (χ2n) is 29.8. The van der Waals surface area contributed by atoms with Gasteiger partial charge in [0, 0.05) is 12.8 Å². The number of phosphoric ester groups is 1. The van der Waals surface area contributed by atoms with Gasteiger partial charge in [-0.05, 0) is 96.3 Å². The summed E-state index contributed by atoms with van der Waals surface area (Å²) in [6, 6.07) is 0. The number of hydrogen-bond acceptors (Lipinski definition) is 7. The van der Waals surface area contributed by atoms with E-state index in [0.717, 1.165) is 89.9 Å². The van der Waals surface area contributed by atoms with Crippen LogP contribution in [0.15, 0.2) is 109 Å². The van der Waals surface area contributed by atoms with E-state index in [1.165, 1.54) is 276 Å². The Balaban J connectivity index is 3.88. The Morgan fingerprint density at radius 2 is 0.540 bits per heavy atom. The van der Waals surface area contributed by atoms with Crippen LogP contribution in [0.1, 0.15) is 399 Å². The van der Waals surface area contributed by atoms with Crippen molar-refractivity contribution in [3.63, 3.8) is 0 Å². The van der Waals surface area contributed by atoms with Crippen molar-refractivity contribution >= 4 is 19.8 Å². The topological polar surface area (TPSA) is 108 Å². The molecule has 0 spiro atoms. The van der Waals surface area contributed by atoms with Crippen LogP contribution in [0.4, 0.5) is 0 Å². The molecule has 0 fully saturated rings. The molecule has 9 nitrogen and oxygen atoms in total. The van der Waals surface area contributed by atoms with Gasteiger partial charge in [-0.15, -0.1) is 0 Å². The number of carbonyl (C=O) groups excluding carboxylic acids is 2. The fourth-order valence-electron chi connectivity index (χ4n) is 12.4. The van der Waals surface area contributed by atoms with Crippen LogP contribution in [0.5, 0.6) is 0 Å². The molecule has 0 aliphatic rings. The normalized spacial score (nSPS) is 13.5. The van der Waals surface area contributed by atoms with Crippen molar-refractivity contribution in [1.82, 2.24) is 0 Å². The van der Waals surface area contributed by atoms with Gasteiger partial charge in [-0.25, -0.2) is 4.57 Å². The Morgan fingerprint density at radius 3 is 0.800 bits per heavy atom. The lowest BCUT2D eigenvalue weighted by Gasteiger charge is -2.24. The highest BCUT2D eigenvalue weighted by Gasteiger charge is 2.27. The lowest BCUT2D eigenvalue weighted by atomic mass is 10.0. The predicted octanol–water partition coefficient (Wildman–Crippen LogP) is 28.7. The fourth-order valence-corrected chi connectivity index (χ4v) is 13.1. The Hall–Kier alpha value is -3.33. The summed E-state index contributed by atoms with van der Waals surface area (Å²) in [5, 5.41) is 0. The molecule has 0 saturated carbocycles. The molecule has 2 atom stereocenters. The van der Waals surface area contributed by atoms with Gasteiger partial charge >= 0.3 is 19.8 Å². The number of ether oxygens (including phenoxy) is 2. The molecule has 0 aromatic carbocycles. The van der Waals surface area contributed by atoms with Crippen molar-refractivity contribution in [2.75, 3.05) is 47.5 Å². The average Bonchev–Trinajstić information content (AvgIpc) is 1.30. The molecular weight excluding hydrogens is 1250 g/mol. The molecule has 0 heterocycles. The first-order valence-electron chi connectivity index (χ1n) is 42.6. The van der Waals surface area contributed by atoms with Crippen LogP contribution in [0.2, 0.25) is 0 Å². The van der Waals surface area contributed by atoms with Gasteiger partial charge in [0.15, 0.2) is 6.10 Å². The zero-order valence-electron chi connectivity index (χ0n) is 66.4. The van der Waals surface area contributed by atoms with E-state index in [9.17, 15) is 19.0 Å². The second kappa shape index (κ2) is 79.8. The summed E-state index contributed by atoms with van der Waals surface area (Å²) < 4.78 is 34.9. The molecule has 0 rings (SSSR count). The monoisotopic (exact) mass is 1420 g/mol. The van der Waals surface area contributed by atoms with Gasteiger partial charge < -0.3 is 18.9 Å². The minimum atomic E-state index is -4.40. The summed E-state index contributed by atoms with van der Waals surface area (Å²) in [7, 11) is 1.49. The summed E-state index contributed by atoms with van der Waals surface area (Å²) in [4.78, 5) is 36.0. The zero-order valence-corrected chi connectivity index (χ0v) is 67.3. The van der Waals surface area contributed by atoms with E-state index in [-0.39, 0.29) is 25.6 Å². The number of likely N-dealkylation sites (N-methyl/N-ethyl adjacent to an activating group) is 1. The highest BCUT2D eigenvalue weighted by Crippen LogP contribution is 2.43. The van der Waals surface area contributed by atoms with Gasteiger partial charge in [-0.3, -0.25) is 18.6 Å². The maximum atomic E-state index is 12.9. The Morgan fingerprint density at radius 1 is 0.310 bits per heavy atom. The van der Waals surface area contributed by atoms with Crippen LogP contribution in [0.3, 0.4) is 0 Å². The van der Waals surface area contributed by atoms with Gasteiger partial charge in [0.05, 0.1) is 27.7 Å². The molecule has 0 aromatic heterocycles. The number of rotatable bonds is 79. The molecule has 0 aliphatic heterocycles. The minimum Gasteiger partial charge on any atom is -0.462 e. The number of unbranched alkanes of at least 4 members (excludes halogenated alkanes) is 47. The number of carbonyl (C=O) groups is 2. The van der Waals surface area contributed by atoms with E-state index in [0.29, 0.717) is 23.9 Å². The molecule has 580 valence electrons. The van der Waals surface area contributed by atoms with Crippen LogP contribution in [-0.2, 0) is 32.7 Å². The maximum absolute atomic E-state index is 12.9. The predicted molar refractivity (Wildman–Crippen MR) is 436 cm³/mol. The molecule has 0 aliphatic carbocycles. The Kier molecular flexibility index (Phi) is 77.1. The summed E-state index contributed by atoms with van der Waals surface area (Å²) in [5.41, 5.74) is 0. The van der Waals surface area contributed by atoms with Crippen molar-refractivity contribution in [1.29, 1.82) is 0 Å². The molecule has 1 N–H and O–H groups in total. The number of quaternary nitrogens is 1. The smallest absolute Gasteiger partial charge is 0.462 e. The molecular formula is C90H163NO8P+. The molecule has 2 unspecified atom stereocenters. The lowest BCUT2D eigenvalue weighted by molar-refractivity contribution is -0.870. The summed E-state index contributed by atoms with van der Waals surface area (Å²) in [5.74, 6) is -0.776. The number of hydrogen-bond donors (Lipinski definition) is 1. The van der Waals surface area contributed by atoms with Crippen molar-refractivity contribution in [2.45, 2.75) is 405 Å². The van der Waals surface area contributed by atoms with E-state index in [4.69, 9.17) is 18.5 Å². The van der Waals surface area contributed by atoms with E-state index < -0.39 is 26.5 Å². The van der Waals surface area contributed by atoms with Crippen molar-refractivity contribution in [2.24, 2.45) is 0 Å². The third-order valence-corrected chi connectivity index (χ3v) is 19.8. The Bertz CT molecular complexity index is 2060. The first kappa shape index (κ1) is 96.7. The zero-order chi connectivity index (χ0) is 72.5. The largest absolute Gasteiger partial charge is 0.472 e. The number of allylic oxidation sites excluding steroid dienone is 18. The number of phosphoric acid groups is 1. The summed E-state index contributed by atoms with van der Waals surface area (Å²) >= 11 is 0. The maximum Gasteiger partial charge on any atom is 0.472 e. The van der Waals surface area contributed by atoms with E-state index >= 15 is 0 Å². The van der Waals surface area contributed by atoms with Crippen LogP contribution >= 0.6 is 7.82 Å². The van der Waals surface area contributed by atoms with E-state index in [1.54, 1.807) is 0 Å². The van der Waals surface area contributed by atoms with Gasteiger partial charge in [0.2, 0.25) is 0 Å². The van der Waals surface area contributed by atoms with Crippen LogP contribution < -0.4 is 0 Å². The third-order valence-electron chi connectivity index (χ3n) is 18.8. The molecule has 10 heteroatoms. The highest BCUT2D eigenvalue weighted by atomic mass is 31.2. The molecule has 100 heavy (non-hydrogen) atoms. The second-order valence-corrected chi connectivity index (χ2v) is 31.3. The number of esters is 2. The van der Waals surface area contributed by atoms with Gasteiger partial charge in [0.1, 0.15) is 19.8 Å². The van der Waals surface area contributed by atoms with Crippen molar-refractivity contribution in [3.05, 3.63) is 109 Å². The average molecular weight is 1420 g/mol. The quantitative estimate of drug-likeness (QED) is 0.0211. The van der Waals surface area contributed by atoms with Gasteiger partial charge in [-0.1, -0.05) is 399 Å². The summed E-state index contributed by atoms with van der Waals surface area (Å²) in [6.07, 6.45) is 114. The highest BCUT2D eigenvalue weighted by molar-refractivity contribution is 7.47. The van der Waals surface area contributed by atoms with Crippen LogP contribution in [0, 0.1) is 0 Å². The molecule has 0 aromatic rings. The fraction of sp³-hybridized carbons (Fsp3) is 0.778. The minimum absolute atomic E-state index is 0.0324. The lowest BCUT2D eigenvalue weighted by Crippen LogP contribution is -2.37. The Labute approximate surface area is 620 Å². The number of nitrogens with zero attached hydrogens (tertiary/aromatic N) is 1. The van der Waals surface area contributed by atoms with E-state index in [1.807, 2.05) is 21.1 Å². The van der Waals surface area contributed by atoms with Gasteiger partial charge in [-0.2, -0.15) is 0 Å². The molecule has 0 saturated heterocycles. The van der Waals surface area contributed by atoms with Crippen molar-refractivity contribution in [3.8, 4) is 0 Å². The molecule has 0 amide bonds. The molecule has 0 radical (unpaired) electrons. The standard InChI is InChI=1S/C90H162NO8P/c1-6-8-10-12-14-16-18-20-22-24-26-28-30-32-34-36-38-40-42-43-44-45-46-47-49-51-53-55-57-59-61-63-65-67-69-71-73-75-77-79-81-83-90(93)99-88(87-98-100(94,95)97-85-84-91(3,4)5)86-96-89(92)82-80-78-76-74-72-70-68-66-64-62-60-58-56-54-52-50-48-41-39-37-35-33-31-29-27-25-23-21-19-17-15-13-11-9-7-2/h8-11,14-17,20-23,26-29,32,34,88H,6-7,12-13,18-19,24-25,30-31,33,35-87H2,1-5H3/p+1/b10-8-,11-9-,16-14-,17-15-,22-20-,23-21-,28-26-,29-27-,34-32-. The van der Waals surface area contributed by atoms with Crippen molar-refractivity contribution < 1.29 is 42.1 Å². The third kappa shape index (κ3) is 83.6. The van der Waals surface area contributed by atoms with E-state index in [2.05, 4.69) is 123 Å². The first-order valence-corrected chi connectivity index (χ1v) is 44.1. The molecule has 0 bridgehead atoms. The van der Waals surface area contributed by atoms with Crippen LogP contribution in [0.25, 0.3) is 0 Å².